The molecule has 2 nitrogen and oxygen atoms in total. The molecule has 0 aromatic heterocycles. The van der Waals surface area contributed by atoms with Crippen molar-refractivity contribution < 1.29 is 5.11 Å². The molecule has 110 valence electrons. The van der Waals surface area contributed by atoms with Crippen molar-refractivity contribution in [1.82, 2.24) is 0 Å². The van der Waals surface area contributed by atoms with E-state index in [1.54, 1.807) is 6.07 Å². The van der Waals surface area contributed by atoms with Crippen molar-refractivity contribution in [3.05, 3.63) is 71.8 Å². The van der Waals surface area contributed by atoms with Crippen LogP contribution in [0.5, 0.6) is 5.75 Å². The molecule has 1 aliphatic heterocycles. The summed E-state index contributed by atoms with van der Waals surface area (Å²) in [6.45, 7) is 4.47. The number of hydrogen-bond acceptors (Lipinski definition) is 2. The Morgan fingerprint density at radius 1 is 0.909 bits per heavy atom. The first-order valence-electron chi connectivity index (χ1n) is 7.66. The highest BCUT2D eigenvalue weighted by Crippen LogP contribution is 2.51. The van der Waals surface area contributed by atoms with Crippen molar-refractivity contribution in [1.29, 1.82) is 0 Å². The number of aromatic hydroxyl groups is 1. The van der Waals surface area contributed by atoms with Gasteiger partial charge in [0.2, 0.25) is 0 Å². The largest absolute Gasteiger partial charge is 0.508 e. The Balaban J connectivity index is 1.96. The van der Waals surface area contributed by atoms with Crippen molar-refractivity contribution in [2.75, 3.05) is 5.32 Å². The minimum absolute atomic E-state index is 0.0519. The van der Waals surface area contributed by atoms with Gasteiger partial charge in [-0.2, -0.15) is 0 Å². The summed E-state index contributed by atoms with van der Waals surface area (Å²) >= 11 is 0. The second-order valence-electron chi connectivity index (χ2n) is 6.56. The molecule has 0 fully saturated rings. The van der Waals surface area contributed by atoms with Crippen LogP contribution in [0.25, 0.3) is 10.8 Å². The zero-order valence-corrected chi connectivity index (χ0v) is 12.8. The number of nitrogens with one attached hydrogen (secondary N) is 1. The predicted octanol–water partition coefficient (Wildman–Crippen LogP) is 4.99. The summed E-state index contributed by atoms with van der Waals surface area (Å²) in [6, 6.07) is 20.5. The van der Waals surface area contributed by atoms with Crippen LogP contribution in [0.3, 0.4) is 0 Å². The van der Waals surface area contributed by atoms with Gasteiger partial charge in [-0.25, -0.2) is 0 Å². The molecule has 3 aromatic rings. The summed E-state index contributed by atoms with van der Waals surface area (Å²) < 4.78 is 0. The fourth-order valence-corrected chi connectivity index (χ4v) is 3.68. The number of rotatable bonds is 1. The second kappa shape index (κ2) is 4.51. The normalized spacial score (nSPS) is 18.9. The second-order valence-corrected chi connectivity index (χ2v) is 6.56. The van der Waals surface area contributed by atoms with Crippen molar-refractivity contribution >= 4 is 16.5 Å². The van der Waals surface area contributed by atoms with E-state index < -0.39 is 0 Å². The lowest BCUT2D eigenvalue weighted by Gasteiger charge is -2.29. The van der Waals surface area contributed by atoms with Crippen LogP contribution in [0.15, 0.2) is 60.7 Å². The van der Waals surface area contributed by atoms with E-state index in [1.165, 1.54) is 5.56 Å². The summed E-state index contributed by atoms with van der Waals surface area (Å²) in [7, 11) is 0. The monoisotopic (exact) mass is 289 g/mol. The Morgan fingerprint density at radius 2 is 1.64 bits per heavy atom. The number of para-hydroxylation sites is 1. The number of benzene rings is 3. The lowest BCUT2D eigenvalue weighted by atomic mass is 9.76. The van der Waals surface area contributed by atoms with E-state index in [0.717, 1.165) is 22.0 Å². The van der Waals surface area contributed by atoms with Gasteiger partial charge in [-0.1, -0.05) is 62.4 Å². The first-order chi connectivity index (χ1) is 10.6. The van der Waals surface area contributed by atoms with Crippen LogP contribution in [0.1, 0.15) is 31.0 Å². The summed E-state index contributed by atoms with van der Waals surface area (Å²) in [4.78, 5) is 0. The molecular formula is C20H19NO. The smallest absolute Gasteiger partial charge is 0.121 e. The zero-order valence-electron chi connectivity index (χ0n) is 12.8. The van der Waals surface area contributed by atoms with Gasteiger partial charge in [-0.3, -0.25) is 0 Å². The molecule has 1 atom stereocenters. The average molecular weight is 289 g/mol. The summed E-state index contributed by atoms with van der Waals surface area (Å²) in [6.07, 6.45) is 0. The first-order valence-corrected chi connectivity index (χ1v) is 7.66. The highest BCUT2D eigenvalue weighted by Gasteiger charge is 2.41. The molecule has 2 heteroatoms. The van der Waals surface area contributed by atoms with Crippen molar-refractivity contribution in [2.45, 2.75) is 25.3 Å². The quantitative estimate of drug-likeness (QED) is 0.661. The van der Waals surface area contributed by atoms with Crippen LogP contribution in [0.4, 0.5) is 5.69 Å². The average Bonchev–Trinajstić information content (AvgIpc) is 2.79. The topological polar surface area (TPSA) is 32.3 Å². The Labute approximate surface area is 130 Å². The van der Waals surface area contributed by atoms with E-state index in [2.05, 4.69) is 49.5 Å². The molecule has 1 aliphatic rings. The van der Waals surface area contributed by atoms with Crippen LogP contribution >= 0.6 is 0 Å². The van der Waals surface area contributed by atoms with Crippen LogP contribution < -0.4 is 5.32 Å². The number of phenols is 1. The minimum atomic E-state index is -0.0851. The molecule has 0 amide bonds. The Morgan fingerprint density at radius 3 is 2.45 bits per heavy atom. The van der Waals surface area contributed by atoms with Gasteiger partial charge in [0, 0.05) is 16.7 Å². The van der Waals surface area contributed by atoms with Gasteiger partial charge in [0.15, 0.2) is 0 Å². The Kier molecular flexibility index (Phi) is 2.70. The molecule has 0 aliphatic carbocycles. The van der Waals surface area contributed by atoms with E-state index >= 15 is 0 Å². The number of phenolic OH excluding ortho intramolecular Hbond substituents is 1. The highest BCUT2D eigenvalue weighted by atomic mass is 16.3. The summed E-state index contributed by atoms with van der Waals surface area (Å²) in [5, 5.41) is 16.4. The molecule has 0 radical (unpaired) electrons. The molecule has 4 rings (SSSR count). The predicted molar refractivity (Wildman–Crippen MR) is 91.4 cm³/mol. The maximum Gasteiger partial charge on any atom is 0.121 e. The number of anilines is 1. The van der Waals surface area contributed by atoms with E-state index in [0.29, 0.717) is 5.75 Å². The Bertz CT molecular complexity index is 866. The van der Waals surface area contributed by atoms with E-state index in [4.69, 9.17) is 0 Å². The molecule has 1 heterocycles. The number of fused-ring (bicyclic) bond motifs is 2. The number of hydrogen-bond donors (Lipinski definition) is 2. The summed E-state index contributed by atoms with van der Waals surface area (Å²) in [5.74, 6) is 0.358. The molecule has 1 unspecified atom stereocenters. The maximum atomic E-state index is 10.5. The molecular weight excluding hydrogens is 270 g/mol. The third-order valence-corrected chi connectivity index (χ3v) is 4.88. The van der Waals surface area contributed by atoms with Gasteiger partial charge >= 0.3 is 0 Å². The SMILES string of the molecule is CC1(C)c2ccccc2NC1c1c(O)ccc2ccccc12. The van der Waals surface area contributed by atoms with E-state index in [1.807, 2.05) is 24.3 Å². The Hall–Kier alpha value is -2.48. The van der Waals surface area contributed by atoms with Gasteiger partial charge in [0.25, 0.3) is 0 Å². The van der Waals surface area contributed by atoms with Gasteiger partial charge in [-0.05, 0) is 28.5 Å². The first kappa shape index (κ1) is 13.2. The van der Waals surface area contributed by atoms with Crippen LogP contribution in [-0.2, 0) is 5.41 Å². The molecule has 0 spiro atoms. The molecule has 22 heavy (non-hydrogen) atoms. The van der Waals surface area contributed by atoms with Crippen LogP contribution in [0, 0.1) is 0 Å². The lowest BCUT2D eigenvalue weighted by molar-refractivity contribution is 0.432. The highest BCUT2D eigenvalue weighted by molar-refractivity contribution is 5.89. The van der Waals surface area contributed by atoms with Crippen LogP contribution in [-0.4, -0.2) is 5.11 Å². The van der Waals surface area contributed by atoms with Gasteiger partial charge < -0.3 is 10.4 Å². The van der Waals surface area contributed by atoms with E-state index in [9.17, 15) is 5.11 Å². The minimum Gasteiger partial charge on any atom is -0.508 e. The third-order valence-electron chi connectivity index (χ3n) is 4.88. The van der Waals surface area contributed by atoms with Crippen LogP contribution in [0.2, 0.25) is 0 Å². The van der Waals surface area contributed by atoms with Crippen molar-refractivity contribution in [2.24, 2.45) is 0 Å². The lowest BCUT2D eigenvalue weighted by Crippen LogP contribution is -2.25. The zero-order chi connectivity index (χ0) is 15.3. The molecule has 0 bridgehead atoms. The molecule has 0 saturated heterocycles. The van der Waals surface area contributed by atoms with Gasteiger partial charge in [0.1, 0.15) is 5.75 Å². The molecule has 2 N–H and O–H groups in total. The molecule has 3 aromatic carbocycles. The fraction of sp³-hybridized carbons (Fsp3) is 0.200. The maximum absolute atomic E-state index is 10.5. The third kappa shape index (κ3) is 1.73. The van der Waals surface area contributed by atoms with Gasteiger partial charge in [0.05, 0.1) is 6.04 Å². The van der Waals surface area contributed by atoms with Gasteiger partial charge in [-0.15, -0.1) is 0 Å². The van der Waals surface area contributed by atoms with Crippen molar-refractivity contribution in [3.8, 4) is 5.75 Å². The fourth-order valence-electron chi connectivity index (χ4n) is 3.68. The molecule has 0 saturated carbocycles. The summed E-state index contributed by atoms with van der Waals surface area (Å²) in [5.41, 5.74) is 3.36. The van der Waals surface area contributed by atoms with Crippen molar-refractivity contribution in [3.63, 3.8) is 0 Å². The van der Waals surface area contributed by atoms with E-state index in [-0.39, 0.29) is 11.5 Å². The standard InChI is InChI=1S/C20H19NO/c1-20(2)15-9-5-6-10-16(15)21-19(20)18-14-8-4-3-7-13(14)11-12-17(18)22/h3-12,19,21-22H,1-2H3.